The highest BCUT2D eigenvalue weighted by molar-refractivity contribution is 5.14. The first-order valence-corrected chi connectivity index (χ1v) is 14.2. The van der Waals surface area contributed by atoms with Crippen molar-refractivity contribution in [3.8, 4) is 0 Å². The van der Waals surface area contributed by atoms with Crippen LogP contribution in [0.5, 0.6) is 0 Å². The van der Waals surface area contributed by atoms with E-state index in [2.05, 4.69) is 34.6 Å². The third kappa shape index (κ3) is 3.63. The molecule has 0 bridgehead atoms. The number of rotatable bonds is 5. The molecule has 3 nitrogen and oxygen atoms in total. The van der Waals surface area contributed by atoms with Crippen molar-refractivity contribution in [3.05, 3.63) is 0 Å². The molecule has 0 amide bonds. The summed E-state index contributed by atoms with van der Waals surface area (Å²) in [7, 11) is 0. The third-order valence-electron chi connectivity index (χ3n) is 11.6. The van der Waals surface area contributed by atoms with Crippen LogP contribution < -0.4 is 0 Å². The van der Waals surface area contributed by atoms with Crippen LogP contribution in [0.4, 0.5) is 0 Å². The Morgan fingerprint density at radius 2 is 1.56 bits per heavy atom. The molecule has 1 heterocycles. The van der Waals surface area contributed by atoms with E-state index in [4.69, 9.17) is 9.47 Å². The highest BCUT2D eigenvalue weighted by Gasteiger charge is 2.67. The van der Waals surface area contributed by atoms with E-state index in [9.17, 15) is 5.11 Å². The Labute approximate surface area is 197 Å². The molecule has 0 radical (unpaired) electrons. The van der Waals surface area contributed by atoms with Gasteiger partial charge in [0.25, 0.3) is 0 Å². The molecule has 4 aliphatic carbocycles. The van der Waals surface area contributed by atoms with Crippen molar-refractivity contribution in [1.29, 1.82) is 0 Å². The first-order valence-electron chi connectivity index (χ1n) is 14.2. The standard InChI is InChI=1S/C29H50O3/c1-19(2)7-6-8-20(3)23-9-10-24-22-18-29(31-15-16-32-29)26-17-21(30)11-13-28(26,5)25(22)12-14-27(23,24)4/h19-26,30H,6-18H2,1-5H3/t20-,21+,22-,23+,24-,25-,26+,27+,28-/m1/s1. The lowest BCUT2D eigenvalue weighted by Gasteiger charge is -2.65. The second-order valence-corrected chi connectivity index (χ2v) is 13.6. The molecule has 0 unspecified atom stereocenters. The van der Waals surface area contributed by atoms with Gasteiger partial charge in [0.15, 0.2) is 5.79 Å². The highest BCUT2D eigenvalue weighted by atomic mass is 16.7. The maximum atomic E-state index is 10.6. The highest BCUT2D eigenvalue weighted by Crippen LogP contribution is 2.70. The van der Waals surface area contributed by atoms with Crippen molar-refractivity contribution in [3.63, 3.8) is 0 Å². The first kappa shape index (κ1) is 23.6. The van der Waals surface area contributed by atoms with E-state index in [1.165, 1.54) is 44.9 Å². The van der Waals surface area contributed by atoms with Gasteiger partial charge in [-0.3, -0.25) is 0 Å². The number of hydrogen-bond donors (Lipinski definition) is 1. The van der Waals surface area contributed by atoms with Crippen LogP contribution in [0.25, 0.3) is 0 Å². The average Bonchev–Trinajstić information content (AvgIpc) is 3.34. The maximum Gasteiger partial charge on any atom is 0.172 e. The summed E-state index contributed by atoms with van der Waals surface area (Å²) in [5, 5.41) is 10.6. The number of fused-ring (bicyclic) bond motifs is 6. The lowest BCUT2D eigenvalue weighted by Crippen LogP contribution is -2.63. The van der Waals surface area contributed by atoms with Crippen LogP contribution in [0.3, 0.4) is 0 Å². The Hall–Kier alpha value is -0.120. The van der Waals surface area contributed by atoms with E-state index >= 15 is 0 Å². The Balaban J connectivity index is 1.39. The number of ether oxygens (including phenoxy) is 2. The molecule has 32 heavy (non-hydrogen) atoms. The molecule has 1 spiro atoms. The largest absolute Gasteiger partial charge is 0.393 e. The Bertz CT molecular complexity index is 669. The molecule has 1 aliphatic heterocycles. The van der Waals surface area contributed by atoms with Gasteiger partial charge in [0.2, 0.25) is 0 Å². The number of hydrogen-bond acceptors (Lipinski definition) is 3. The summed E-state index contributed by atoms with van der Waals surface area (Å²) in [5.41, 5.74) is 0.754. The van der Waals surface area contributed by atoms with E-state index in [0.29, 0.717) is 11.3 Å². The number of aliphatic hydroxyl groups excluding tert-OH is 1. The van der Waals surface area contributed by atoms with Crippen LogP contribution in [0, 0.1) is 52.3 Å². The summed E-state index contributed by atoms with van der Waals surface area (Å²) in [5.74, 6) is 4.86. The molecule has 9 atom stereocenters. The van der Waals surface area contributed by atoms with Crippen molar-refractivity contribution < 1.29 is 14.6 Å². The van der Waals surface area contributed by atoms with Gasteiger partial charge < -0.3 is 14.6 Å². The van der Waals surface area contributed by atoms with Crippen molar-refractivity contribution in [2.75, 3.05) is 13.2 Å². The minimum Gasteiger partial charge on any atom is -0.393 e. The predicted octanol–water partition coefficient (Wildman–Crippen LogP) is 6.82. The van der Waals surface area contributed by atoms with Crippen molar-refractivity contribution in [2.45, 2.75) is 117 Å². The van der Waals surface area contributed by atoms with Gasteiger partial charge in [-0.25, -0.2) is 0 Å². The fourth-order valence-electron chi connectivity index (χ4n) is 10.1. The molecule has 1 saturated heterocycles. The molecule has 5 rings (SSSR count). The second-order valence-electron chi connectivity index (χ2n) is 13.6. The Morgan fingerprint density at radius 3 is 2.28 bits per heavy atom. The molecule has 4 saturated carbocycles. The van der Waals surface area contributed by atoms with E-state index in [-0.39, 0.29) is 11.5 Å². The summed E-state index contributed by atoms with van der Waals surface area (Å²) < 4.78 is 13.0. The zero-order chi connectivity index (χ0) is 22.7. The zero-order valence-corrected chi connectivity index (χ0v) is 21.6. The fraction of sp³-hybridized carbons (Fsp3) is 1.00. The SMILES string of the molecule is CC(C)CCC[C@@H](C)[C@@H]1CC[C@@H]2[C@H]3CC4(OCCO4)[C@H]4C[C@@H](O)CC[C@]4(C)[C@@H]3CC[C@]21C. The topological polar surface area (TPSA) is 38.7 Å². The Kier molecular flexibility index (Phi) is 6.29. The molecule has 0 aromatic heterocycles. The van der Waals surface area contributed by atoms with Gasteiger partial charge >= 0.3 is 0 Å². The summed E-state index contributed by atoms with van der Waals surface area (Å²) in [4.78, 5) is 0. The van der Waals surface area contributed by atoms with E-state index in [1.807, 2.05) is 0 Å². The van der Waals surface area contributed by atoms with E-state index in [1.54, 1.807) is 0 Å². The van der Waals surface area contributed by atoms with Gasteiger partial charge in [-0.2, -0.15) is 0 Å². The Morgan fingerprint density at radius 1 is 0.875 bits per heavy atom. The van der Waals surface area contributed by atoms with Crippen molar-refractivity contribution in [1.82, 2.24) is 0 Å². The molecule has 3 heteroatoms. The second kappa shape index (κ2) is 8.52. The van der Waals surface area contributed by atoms with Crippen LogP contribution in [0.15, 0.2) is 0 Å². The lowest BCUT2D eigenvalue weighted by molar-refractivity contribution is -0.298. The van der Waals surface area contributed by atoms with Gasteiger partial charge in [0, 0.05) is 12.3 Å². The molecular formula is C29H50O3. The van der Waals surface area contributed by atoms with Crippen LogP contribution in [-0.2, 0) is 9.47 Å². The van der Waals surface area contributed by atoms with Gasteiger partial charge in [-0.15, -0.1) is 0 Å². The smallest absolute Gasteiger partial charge is 0.172 e. The summed E-state index contributed by atoms with van der Waals surface area (Å²) in [6.45, 7) is 14.0. The average molecular weight is 447 g/mol. The first-order chi connectivity index (χ1) is 15.2. The van der Waals surface area contributed by atoms with Crippen molar-refractivity contribution >= 4 is 0 Å². The van der Waals surface area contributed by atoms with Crippen LogP contribution >= 0.6 is 0 Å². The molecule has 1 N–H and O–H groups in total. The van der Waals surface area contributed by atoms with Crippen LogP contribution in [0.2, 0.25) is 0 Å². The molecular weight excluding hydrogens is 396 g/mol. The zero-order valence-electron chi connectivity index (χ0n) is 21.6. The summed E-state index contributed by atoms with van der Waals surface area (Å²) in [6, 6.07) is 0. The van der Waals surface area contributed by atoms with Gasteiger partial charge in [0.05, 0.1) is 19.3 Å². The minimum atomic E-state index is -0.420. The monoisotopic (exact) mass is 446 g/mol. The van der Waals surface area contributed by atoms with Crippen molar-refractivity contribution in [2.24, 2.45) is 52.3 Å². The lowest BCUT2D eigenvalue weighted by atomic mass is 9.43. The van der Waals surface area contributed by atoms with E-state index < -0.39 is 5.79 Å². The fourth-order valence-corrected chi connectivity index (χ4v) is 10.1. The quantitative estimate of drug-likeness (QED) is 0.503. The summed E-state index contributed by atoms with van der Waals surface area (Å²) >= 11 is 0. The molecule has 5 aliphatic rings. The third-order valence-corrected chi connectivity index (χ3v) is 11.6. The number of aliphatic hydroxyl groups is 1. The summed E-state index contributed by atoms with van der Waals surface area (Å²) in [6.07, 6.45) is 13.7. The van der Waals surface area contributed by atoms with Crippen LogP contribution in [-0.4, -0.2) is 30.2 Å². The molecule has 184 valence electrons. The maximum absolute atomic E-state index is 10.6. The minimum absolute atomic E-state index is 0.175. The normalized spacial score (nSPS) is 48.5. The predicted molar refractivity (Wildman–Crippen MR) is 129 cm³/mol. The van der Waals surface area contributed by atoms with Gasteiger partial charge in [-0.1, -0.05) is 53.9 Å². The van der Waals surface area contributed by atoms with Gasteiger partial charge in [0.1, 0.15) is 0 Å². The van der Waals surface area contributed by atoms with Crippen LogP contribution in [0.1, 0.15) is 105 Å². The van der Waals surface area contributed by atoms with E-state index in [0.717, 1.165) is 74.4 Å². The molecule has 5 fully saturated rings. The van der Waals surface area contributed by atoms with Gasteiger partial charge in [-0.05, 0) is 91.3 Å². The molecule has 0 aromatic rings. The molecule has 0 aromatic carbocycles.